The van der Waals surface area contributed by atoms with Crippen LogP contribution in [0.2, 0.25) is 0 Å². The highest BCUT2D eigenvalue weighted by atomic mass is 32.2. The van der Waals surface area contributed by atoms with Crippen molar-refractivity contribution in [2.24, 2.45) is 0 Å². The highest BCUT2D eigenvalue weighted by molar-refractivity contribution is 7.89. The number of likely N-dealkylation sites (N-methyl/N-ethyl adjacent to an activating group) is 1. The molecule has 1 heterocycles. The topological polar surface area (TPSA) is 70.9 Å². The number of piperazine rings is 1. The van der Waals surface area contributed by atoms with Crippen LogP contribution in [0.25, 0.3) is 0 Å². The highest BCUT2D eigenvalue weighted by Gasteiger charge is 2.30. The molecular weight excluding hydrogens is 359 g/mol. The fourth-order valence-corrected chi connectivity index (χ4v) is 4.05. The van der Waals surface area contributed by atoms with Gasteiger partial charge in [0.2, 0.25) is 10.0 Å². The number of rotatable bonds is 5. The average molecular weight is 380 g/mol. The number of quaternary nitrogens is 1. The molecule has 0 atom stereocenters. The van der Waals surface area contributed by atoms with Crippen LogP contribution in [0.4, 0.5) is 13.2 Å². The number of carbonyl (C=O) groups excluding carboxylic acids is 1. The Labute approximate surface area is 144 Å². The van der Waals surface area contributed by atoms with Crippen LogP contribution < -0.4 is 10.2 Å². The van der Waals surface area contributed by atoms with Gasteiger partial charge < -0.3 is 10.2 Å². The van der Waals surface area contributed by atoms with Gasteiger partial charge in [0.25, 0.3) is 5.91 Å². The van der Waals surface area contributed by atoms with E-state index in [4.69, 9.17) is 0 Å². The summed E-state index contributed by atoms with van der Waals surface area (Å²) in [5, 5.41) is 1.75. The van der Waals surface area contributed by atoms with E-state index in [0.717, 1.165) is 19.6 Å². The molecular formula is C15H21F3N3O3S+. The van der Waals surface area contributed by atoms with E-state index in [1.165, 1.54) is 33.5 Å². The van der Waals surface area contributed by atoms with Crippen LogP contribution in [0.15, 0.2) is 29.2 Å². The monoisotopic (exact) mass is 380 g/mol. The lowest BCUT2D eigenvalue weighted by molar-refractivity contribution is -0.901. The number of benzene rings is 1. The zero-order valence-corrected chi connectivity index (χ0v) is 14.6. The van der Waals surface area contributed by atoms with Crippen molar-refractivity contribution in [3.63, 3.8) is 0 Å². The maximum Gasteiger partial charge on any atom is 0.405 e. The molecule has 1 aliphatic heterocycles. The van der Waals surface area contributed by atoms with Crippen molar-refractivity contribution in [3.05, 3.63) is 29.8 Å². The molecule has 0 unspecified atom stereocenters. The summed E-state index contributed by atoms with van der Waals surface area (Å²) in [6, 6.07) is 4.92. The summed E-state index contributed by atoms with van der Waals surface area (Å²) < 4.78 is 62.9. The van der Waals surface area contributed by atoms with Crippen molar-refractivity contribution in [2.45, 2.75) is 18.0 Å². The molecule has 1 amide bonds. The molecule has 2 rings (SSSR count). The molecule has 25 heavy (non-hydrogen) atoms. The van der Waals surface area contributed by atoms with Gasteiger partial charge in [-0.1, -0.05) is 0 Å². The summed E-state index contributed by atoms with van der Waals surface area (Å²) in [5.74, 6) is -0.901. The number of sulfonamides is 1. The van der Waals surface area contributed by atoms with E-state index < -0.39 is 28.7 Å². The SMILES string of the molecule is CC[NH+]1CCN(S(=O)(=O)c2ccc(C(=O)NCC(F)(F)F)cc2)CC1. The largest absolute Gasteiger partial charge is 0.405 e. The molecule has 0 radical (unpaired) electrons. The lowest BCUT2D eigenvalue weighted by Crippen LogP contribution is -3.14. The molecule has 1 saturated heterocycles. The molecule has 1 aromatic carbocycles. The predicted octanol–water partition coefficient (Wildman–Crippen LogP) is -0.112. The Morgan fingerprint density at radius 1 is 1.20 bits per heavy atom. The normalized spacial score (nSPS) is 17.4. The van der Waals surface area contributed by atoms with E-state index in [9.17, 15) is 26.4 Å². The molecule has 140 valence electrons. The van der Waals surface area contributed by atoms with Crippen LogP contribution in [0.5, 0.6) is 0 Å². The Balaban J connectivity index is 2.05. The molecule has 0 aliphatic carbocycles. The minimum Gasteiger partial charge on any atom is -0.343 e. The fourth-order valence-electron chi connectivity index (χ4n) is 2.61. The number of carbonyl (C=O) groups is 1. The van der Waals surface area contributed by atoms with E-state index >= 15 is 0 Å². The second-order valence-corrected chi connectivity index (χ2v) is 7.77. The predicted molar refractivity (Wildman–Crippen MR) is 84.8 cm³/mol. The van der Waals surface area contributed by atoms with E-state index in [1.807, 2.05) is 6.92 Å². The first kappa shape index (κ1) is 19.7. The number of nitrogens with zero attached hydrogens (tertiary/aromatic N) is 1. The maximum atomic E-state index is 12.6. The minimum atomic E-state index is -4.50. The fraction of sp³-hybridized carbons (Fsp3) is 0.533. The third-order valence-corrected chi connectivity index (χ3v) is 6.05. The average Bonchev–Trinajstić information content (AvgIpc) is 2.59. The van der Waals surface area contributed by atoms with Crippen molar-refractivity contribution >= 4 is 15.9 Å². The number of nitrogens with one attached hydrogen (secondary N) is 2. The maximum absolute atomic E-state index is 12.6. The standard InChI is InChI=1S/C15H20F3N3O3S/c1-2-20-7-9-21(10-8-20)25(23,24)13-5-3-12(4-6-13)14(22)19-11-15(16,17)18/h3-6H,2,7-11H2,1H3,(H,19,22)/p+1. The summed E-state index contributed by atoms with van der Waals surface area (Å²) in [4.78, 5) is 13.0. The Kier molecular flexibility index (Phi) is 6.07. The Hall–Kier alpha value is -1.65. The molecule has 0 spiro atoms. The summed E-state index contributed by atoms with van der Waals surface area (Å²) >= 11 is 0. The molecule has 0 bridgehead atoms. The van der Waals surface area contributed by atoms with Gasteiger partial charge in [0.05, 0.1) is 37.6 Å². The molecule has 0 aromatic heterocycles. The number of amides is 1. The molecule has 1 aliphatic rings. The molecule has 10 heteroatoms. The van der Waals surface area contributed by atoms with Gasteiger partial charge in [-0.05, 0) is 31.2 Å². The van der Waals surface area contributed by atoms with Crippen molar-refractivity contribution in [3.8, 4) is 0 Å². The van der Waals surface area contributed by atoms with Gasteiger partial charge in [0.1, 0.15) is 6.54 Å². The van der Waals surface area contributed by atoms with E-state index in [1.54, 1.807) is 5.32 Å². The van der Waals surface area contributed by atoms with E-state index in [-0.39, 0.29) is 10.5 Å². The Bertz CT molecular complexity index is 697. The summed E-state index contributed by atoms with van der Waals surface area (Å²) in [5.41, 5.74) is -0.0246. The smallest absolute Gasteiger partial charge is 0.343 e. The van der Waals surface area contributed by atoms with Crippen molar-refractivity contribution in [1.29, 1.82) is 0 Å². The van der Waals surface area contributed by atoms with Crippen molar-refractivity contribution in [2.75, 3.05) is 39.3 Å². The molecule has 2 N–H and O–H groups in total. The van der Waals surface area contributed by atoms with Gasteiger partial charge in [-0.2, -0.15) is 17.5 Å². The minimum absolute atomic E-state index is 0.0246. The van der Waals surface area contributed by atoms with Crippen LogP contribution >= 0.6 is 0 Å². The number of hydrogen-bond acceptors (Lipinski definition) is 3. The van der Waals surface area contributed by atoms with Crippen LogP contribution in [0, 0.1) is 0 Å². The van der Waals surface area contributed by atoms with Gasteiger partial charge in [0, 0.05) is 5.56 Å². The lowest BCUT2D eigenvalue weighted by atomic mass is 10.2. The number of hydrogen-bond donors (Lipinski definition) is 2. The lowest BCUT2D eigenvalue weighted by Gasteiger charge is -2.30. The summed E-state index contributed by atoms with van der Waals surface area (Å²) in [6.45, 7) is 3.84. The van der Waals surface area contributed by atoms with E-state index in [2.05, 4.69) is 0 Å². The first-order chi connectivity index (χ1) is 11.6. The quantitative estimate of drug-likeness (QED) is 0.749. The third-order valence-electron chi connectivity index (χ3n) is 4.13. The van der Waals surface area contributed by atoms with Gasteiger partial charge in [0.15, 0.2) is 0 Å². The molecule has 1 fully saturated rings. The molecule has 0 saturated carbocycles. The van der Waals surface area contributed by atoms with Crippen molar-refractivity contribution < 1.29 is 31.3 Å². The van der Waals surface area contributed by atoms with Crippen LogP contribution in [0.1, 0.15) is 17.3 Å². The van der Waals surface area contributed by atoms with Gasteiger partial charge in [-0.3, -0.25) is 4.79 Å². The zero-order valence-electron chi connectivity index (χ0n) is 13.8. The number of alkyl halides is 3. The van der Waals surface area contributed by atoms with Gasteiger partial charge in [-0.25, -0.2) is 8.42 Å². The zero-order chi connectivity index (χ0) is 18.7. The van der Waals surface area contributed by atoms with Gasteiger partial charge in [-0.15, -0.1) is 0 Å². The third kappa shape index (κ3) is 5.16. The number of halogens is 3. The molecule has 1 aromatic rings. The molecule has 6 nitrogen and oxygen atoms in total. The highest BCUT2D eigenvalue weighted by Crippen LogP contribution is 2.17. The Morgan fingerprint density at radius 2 is 1.76 bits per heavy atom. The Morgan fingerprint density at radius 3 is 2.24 bits per heavy atom. The van der Waals surface area contributed by atoms with Crippen LogP contribution in [-0.4, -0.2) is 64.1 Å². The second kappa shape index (κ2) is 7.71. The summed E-state index contributed by atoms with van der Waals surface area (Å²) in [7, 11) is -3.66. The first-order valence-corrected chi connectivity index (χ1v) is 9.36. The summed E-state index contributed by atoms with van der Waals surface area (Å²) in [6.07, 6.45) is -4.50. The van der Waals surface area contributed by atoms with Crippen LogP contribution in [0.3, 0.4) is 0 Å². The van der Waals surface area contributed by atoms with Crippen LogP contribution in [-0.2, 0) is 10.0 Å². The van der Waals surface area contributed by atoms with E-state index in [0.29, 0.717) is 13.1 Å². The second-order valence-electron chi connectivity index (χ2n) is 5.83. The van der Waals surface area contributed by atoms with Gasteiger partial charge >= 0.3 is 6.18 Å². The first-order valence-electron chi connectivity index (χ1n) is 7.92. The van der Waals surface area contributed by atoms with Crippen molar-refractivity contribution in [1.82, 2.24) is 9.62 Å².